The fourth-order valence-corrected chi connectivity index (χ4v) is 3.21. The summed E-state index contributed by atoms with van der Waals surface area (Å²) in [5, 5.41) is 5.43. The molecule has 8 heteroatoms. The van der Waals surface area contributed by atoms with Crippen LogP contribution in [0.1, 0.15) is 35.3 Å². The molecule has 0 aliphatic carbocycles. The number of carbonyl (C=O) groups is 2. The van der Waals surface area contributed by atoms with E-state index in [2.05, 4.69) is 41.5 Å². The van der Waals surface area contributed by atoms with Gasteiger partial charge in [0.15, 0.2) is 11.5 Å². The predicted octanol–water partition coefficient (Wildman–Crippen LogP) is 2.60. The first-order valence-corrected chi connectivity index (χ1v) is 10.6. The van der Waals surface area contributed by atoms with Crippen LogP contribution in [-0.4, -0.2) is 57.7 Å². The molecule has 2 amide bonds. The Labute approximate surface area is 189 Å². The number of hydrogen-bond donors (Lipinski definition) is 2. The summed E-state index contributed by atoms with van der Waals surface area (Å²) in [5.41, 5.74) is 2.54. The average molecular weight is 444 g/mol. The maximum absolute atomic E-state index is 12.5. The lowest BCUT2D eigenvalue weighted by molar-refractivity contribution is -0.120. The van der Waals surface area contributed by atoms with Crippen molar-refractivity contribution < 1.29 is 23.8 Å². The standard InChI is InChI=1S/C24H33N3O5/c1-6-27(7-2)16-18-10-8-17(9-11-18)14-25-22(28)15-26-24(29)19-12-20(30-3)23(32-5)21(13-19)31-4/h8-13H,6-7,14-16H2,1-5H3,(H,25,28)(H,26,29). The van der Waals surface area contributed by atoms with Crippen LogP contribution in [0.3, 0.4) is 0 Å². The van der Waals surface area contributed by atoms with Gasteiger partial charge in [0, 0.05) is 18.7 Å². The van der Waals surface area contributed by atoms with Crippen molar-refractivity contribution in [3.8, 4) is 17.2 Å². The Hall–Kier alpha value is -3.26. The van der Waals surface area contributed by atoms with Crippen LogP contribution in [-0.2, 0) is 17.9 Å². The van der Waals surface area contributed by atoms with Gasteiger partial charge in [-0.25, -0.2) is 0 Å². The van der Waals surface area contributed by atoms with Crippen LogP contribution in [0.4, 0.5) is 0 Å². The van der Waals surface area contributed by atoms with Crippen molar-refractivity contribution in [2.45, 2.75) is 26.9 Å². The maximum Gasteiger partial charge on any atom is 0.251 e. The van der Waals surface area contributed by atoms with Crippen molar-refractivity contribution >= 4 is 11.8 Å². The third kappa shape index (κ3) is 6.88. The van der Waals surface area contributed by atoms with Gasteiger partial charge in [0.2, 0.25) is 11.7 Å². The van der Waals surface area contributed by atoms with E-state index in [1.165, 1.54) is 39.0 Å². The molecule has 0 saturated heterocycles. The number of hydrogen-bond acceptors (Lipinski definition) is 6. The Kier molecular flexibility index (Phi) is 9.81. The number of nitrogens with zero attached hydrogens (tertiary/aromatic N) is 1. The van der Waals surface area contributed by atoms with Gasteiger partial charge in [-0.1, -0.05) is 38.1 Å². The molecule has 0 unspecified atom stereocenters. The van der Waals surface area contributed by atoms with Crippen molar-refractivity contribution in [2.24, 2.45) is 0 Å². The van der Waals surface area contributed by atoms with Crippen LogP contribution < -0.4 is 24.8 Å². The van der Waals surface area contributed by atoms with Gasteiger partial charge in [0.25, 0.3) is 5.91 Å². The number of methoxy groups -OCH3 is 3. The van der Waals surface area contributed by atoms with Crippen LogP contribution in [0, 0.1) is 0 Å². The van der Waals surface area contributed by atoms with Gasteiger partial charge < -0.3 is 24.8 Å². The summed E-state index contributed by atoms with van der Waals surface area (Å²) in [6.45, 7) is 7.47. The SMILES string of the molecule is CCN(CC)Cc1ccc(CNC(=O)CNC(=O)c2cc(OC)c(OC)c(OC)c2)cc1. The van der Waals surface area contributed by atoms with Crippen molar-refractivity contribution in [3.05, 3.63) is 53.1 Å². The van der Waals surface area contributed by atoms with Crippen molar-refractivity contribution in [1.82, 2.24) is 15.5 Å². The Morgan fingerprint density at radius 3 is 1.91 bits per heavy atom. The molecule has 2 N–H and O–H groups in total. The lowest BCUT2D eigenvalue weighted by Gasteiger charge is -2.18. The van der Waals surface area contributed by atoms with Crippen LogP contribution >= 0.6 is 0 Å². The van der Waals surface area contributed by atoms with Crippen molar-refractivity contribution in [1.29, 1.82) is 0 Å². The number of nitrogens with one attached hydrogen (secondary N) is 2. The first kappa shape index (κ1) is 25.0. The highest BCUT2D eigenvalue weighted by Crippen LogP contribution is 2.38. The normalized spacial score (nSPS) is 10.6. The van der Waals surface area contributed by atoms with Crippen LogP contribution in [0.25, 0.3) is 0 Å². The first-order valence-electron chi connectivity index (χ1n) is 10.6. The molecule has 32 heavy (non-hydrogen) atoms. The van der Waals surface area contributed by atoms with Crippen molar-refractivity contribution in [3.63, 3.8) is 0 Å². The van der Waals surface area contributed by atoms with Gasteiger partial charge in [0.05, 0.1) is 27.9 Å². The second-order valence-corrected chi connectivity index (χ2v) is 7.15. The van der Waals surface area contributed by atoms with E-state index in [-0.39, 0.29) is 12.5 Å². The molecule has 8 nitrogen and oxygen atoms in total. The Bertz CT molecular complexity index is 870. The molecule has 0 aromatic heterocycles. The fraction of sp³-hybridized carbons (Fsp3) is 0.417. The molecule has 0 spiro atoms. The summed E-state index contributed by atoms with van der Waals surface area (Å²) in [4.78, 5) is 27.0. The molecule has 0 atom stereocenters. The lowest BCUT2D eigenvalue weighted by Crippen LogP contribution is -2.36. The summed E-state index contributed by atoms with van der Waals surface area (Å²) in [6.07, 6.45) is 0. The second-order valence-electron chi connectivity index (χ2n) is 7.15. The predicted molar refractivity (Wildman–Crippen MR) is 123 cm³/mol. The largest absolute Gasteiger partial charge is 0.493 e. The van der Waals surface area contributed by atoms with E-state index in [9.17, 15) is 9.59 Å². The van der Waals surface area contributed by atoms with E-state index in [4.69, 9.17) is 14.2 Å². The summed E-state index contributed by atoms with van der Waals surface area (Å²) in [7, 11) is 4.44. The fourth-order valence-electron chi connectivity index (χ4n) is 3.21. The van der Waals surface area contributed by atoms with E-state index >= 15 is 0 Å². The highest BCUT2D eigenvalue weighted by molar-refractivity contribution is 5.97. The molecule has 0 fully saturated rings. The zero-order valence-corrected chi connectivity index (χ0v) is 19.5. The average Bonchev–Trinajstić information content (AvgIpc) is 2.84. The quantitative estimate of drug-likeness (QED) is 0.524. The molecule has 0 aliphatic rings. The van der Waals surface area contributed by atoms with Crippen molar-refractivity contribution in [2.75, 3.05) is 41.0 Å². The Morgan fingerprint density at radius 2 is 1.41 bits per heavy atom. The summed E-state index contributed by atoms with van der Waals surface area (Å²) in [5.74, 6) is 0.433. The molecule has 0 heterocycles. The molecule has 0 bridgehead atoms. The van der Waals surface area contributed by atoms with Crippen LogP contribution in [0.5, 0.6) is 17.2 Å². The number of rotatable bonds is 12. The molecule has 2 aromatic carbocycles. The third-order valence-electron chi connectivity index (χ3n) is 5.15. The first-order chi connectivity index (χ1) is 15.4. The molecule has 0 aliphatic heterocycles. The highest BCUT2D eigenvalue weighted by atomic mass is 16.5. The van der Waals surface area contributed by atoms with Gasteiger partial charge in [-0.2, -0.15) is 0 Å². The van der Waals surface area contributed by atoms with E-state index in [0.29, 0.717) is 29.4 Å². The monoisotopic (exact) mass is 443 g/mol. The molecule has 0 radical (unpaired) electrons. The van der Waals surface area contributed by atoms with Gasteiger partial charge in [-0.3, -0.25) is 14.5 Å². The minimum Gasteiger partial charge on any atom is -0.493 e. The molecular formula is C24H33N3O5. The van der Waals surface area contributed by atoms with Gasteiger partial charge in [0.1, 0.15) is 0 Å². The van der Waals surface area contributed by atoms with E-state index in [1.54, 1.807) is 0 Å². The summed E-state index contributed by atoms with van der Waals surface area (Å²) >= 11 is 0. The number of carbonyl (C=O) groups excluding carboxylic acids is 2. The summed E-state index contributed by atoms with van der Waals surface area (Å²) in [6, 6.07) is 11.2. The van der Waals surface area contributed by atoms with E-state index < -0.39 is 5.91 Å². The topological polar surface area (TPSA) is 89.1 Å². The van der Waals surface area contributed by atoms with E-state index in [1.807, 2.05) is 12.1 Å². The minimum absolute atomic E-state index is 0.143. The zero-order chi connectivity index (χ0) is 23.5. The second kappa shape index (κ2) is 12.6. The number of amides is 2. The van der Waals surface area contributed by atoms with Gasteiger partial charge in [-0.05, 0) is 36.3 Å². The van der Waals surface area contributed by atoms with E-state index in [0.717, 1.165) is 25.2 Å². The number of benzene rings is 2. The zero-order valence-electron chi connectivity index (χ0n) is 19.5. The molecule has 2 aromatic rings. The third-order valence-corrected chi connectivity index (χ3v) is 5.15. The van der Waals surface area contributed by atoms with Gasteiger partial charge in [-0.15, -0.1) is 0 Å². The maximum atomic E-state index is 12.5. The number of ether oxygens (including phenoxy) is 3. The van der Waals surface area contributed by atoms with Crippen LogP contribution in [0.15, 0.2) is 36.4 Å². The summed E-state index contributed by atoms with van der Waals surface area (Å²) < 4.78 is 15.8. The van der Waals surface area contributed by atoms with Gasteiger partial charge >= 0.3 is 0 Å². The molecule has 174 valence electrons. The lowest BCUT2D eigenvalue weighted by atomic mass is 10.1. The Morgan fingerprint density at radius 1 is 0.844 bits per heavy atom. The molecular weight excluding hydrogens is 410 g/mol. The molecule has 0 saturated carbocycles. The highest BCUT2D eigenvalue weighted by Gasteiger charge is 2.17. The minimum atomic E-state index is -0.417. The van der Waals surface area contributed by atoms with Crippen LogP contribution in [0.2, 0.25) is 0 Å². The molecule has 2 rings (SSSR count). The Balaban J connectivity index is 1.87. The smallest absolute Gasteiger partial charge is 0.251 e.